The lowest BCUT2D eigenvalue weighted by Gasteiger charge is -2.28. The van der Waals surface area contributed by atoms with Gasteiger partial charge >= 0.3 is 0 Å². The number of rotatable bonds is 5. The van der Waals surface area contributed by atoms with Crippen LogP contribution in [0.1, 0.15) is 6.92 Å². The molecule has 0 unspecified atom stereocenters. The van der Waals surface area contributed by atoms with Crippen LogP contribution in [0.5, 0.6) is 0 Å². The van der Waals surface area contributed by atoms with Crippen LogP contribution in [0, 0.1) is 0 Å². The molecule has 0 rings (SSSR count). The molecule has 0 aromatic carbocycles. The van der Waals surface area contributed by atoms with Crippen molar-refractivity contribution in [3.05, 3.63) is 0 Å². The summed E-state index contributed by atoms with van der Waals surface area (Å²) in [5.74, 6) is 0. The first-order valence-corrected chi connectivity index (χ1v) is 3.34. The molecule has 0 fully saturated rings. The van der Waals surface area contributed by atoms with Crippen molar-refractivity contribution in [1.82, 2.24) is 0 Å². The average Bonchev–Trinajstić information content (AvgIpc) is 2.04. The zero-order valence-corrected chi connectivity index (χ0v) is 6.53. The average molecular weight is 160 g/mol. The molecule has 0 aliphatic carbocycles. The van der Waals surface area contributed by atoms with E-state index in [0.29, 0.717) is 0 Å². The van der Waals surface area contributed by atoms with Gasteiger partial charge in [0.25, 0.3) is 0 Å². The Balaban J connectivity index is 3.86. The van der Waals surface area contributed by atoms with E-state index in [2.05, 4.69) is 0 Å². The van der Waals surface area contributed by atoms with Crippen LogP contribution in [0.4, 0.5) is 0 Å². The van der Waals surface area contributed by atoms with E-state index in [1.165, 1.54) is 6.92 Å². The van der Waals surface area contributed by atoms with Crippen LogP contribution in [0.2, 0.25) is 0 Å². The van der Waals surface area contributed by atoms with Crippen LogP contribution in [0.3, 0.4) is 0 Å². The molecule has 0 aliphatic heterocycles. The van der Waals surface area contributed by atoms with Crippen molar-refractivity contribution in [2.75, 3.05) is 19.8 Å². The predicted molar refractivity (Wildman–Crippen MR) is 40.3 cm³/mol. The van der Waals surface area contributed by atoms with Crippen LogP contribution < -0.4 is 0 Å². The van der Waals surface area contributed by atoms with E-state index in [1.807, 2.05) is 0 Å². The largest absolute Gasteiger partial charge is 0.395 e. The van der Waals surface area contributed by atoms with Crippen LogP contribution in [0.25, 0.3) is 0 Å². The first-order chi connectivity index (χ1) is 5.08. The molecule has 4 nitrogen and oxygen atoms in total. The Morgan fingerprint density at radius 3 is 2.09 bits per heavy atom. The van der Waals surface area contributed by atoms with Gasteiger partial charge in [0, 0.05) is 6.00 Å². The molecular formula is C6H13BO4. The molecule has 0 saturated carbocycles. The zero-order chi connectivity index (χ0) is 8.91. The van der Waals surface area contributed by atoms with E-state index in [1.54, 1.807) is 0 Å². The van der Waals surface area contributed by atoms with E-state index in [0.717, 1.165) is 0 Å². The van der Waals surface area contributed by atoms with Gasteiger partial charge < -0.3 is 20.1 Å². The SMILES string of the molecule is [B][C@@H](CO)OC(C)(CO)CO. The molecule has 0 heterocycles. The van der Waals surface area contributed by atoms with Crippen molar-refractivity contribution < 1.29 is 20.1 Å². The lowest BCUT2D eigenvalue weighted by molar-refractivity contribution is -0.118. The summed E-state index contributed by atoms with van der Waals surface area (Å²) in [7, 11) is 5.22. The number of hydrogen-bond donors (Lipinski definition) is 3. The highest BCUT2D eigenvalue weighted by Gasteiger charge is 2.24. The van der Waals surface area contributed by atoms with Crippen LogP contribution in [0.15, 0.2) is 0 Å². The molecule has 0 bridgehead atoms. The van der Waals surface area contributed by atoms with Gasteiger partial charge in [-0.25, -0.2) is 0 Å². The molecule has 64 valence electrons. The van der Waals surface area contributed by atoms with E-state index in [-0.39, 0.29) is 19.8 Å². The van der Waals surface area contributed by atoms with Gasteiger partial charge in [0.1, 0.15) is 13.4 Å². The third-order valence-electron chi connectivity index (χ3n) is 1.28. The number of hydrogen-bond acceptors (Lipinski definition) is 4. The fraction of sp³-hybridized carbons (Fsp3) is 1.00. The minimum atomic E-state index is -1.07. The van der Waals surface area contributed by atoms with E-state index >= 15 is 0 Å². The standard InChI is InChI=1S/C6H13BO4/c1-6(3-9,4-10)11-5(7)2-8/h5,8-10H,2-4H2,1H3/t5-/m1/s1. The molecule has 0 aromatic rings. The van der Waals surface area contributed by atoms with Gasteiger partial charge in [-0.15, -0.1) is 0 Å². The van der Waals surface area contributed by atoms with Gasteiger partial charge in [-0.05, 0) is 6.92 Å². The first-order valence-electron chi connectivity index (χ1n) is 3.34. The van der Waals surface area contributed by atoms with Crippen molar-refractivity contribution >= 4 is 7.85 Å². The first kappa shape index (κ1) is 10.9. The second-order valence-electron chi connectivity index (χ2n) is 2.61. The van der Waals surface area contributed by atoms with Gasteiger partial charge in [-0.3, -0.25) is 0 Å². The van der Waals surface area contributed by atoms with Crippen molar-refractivity contribution in [3.63, 3.8) is 0 Å². The minimum Gasteiger partial charge on any atom is -0.395 e. The number of ether oxygens (including phenoxy) is 1. The highest BCUT2D eigenvalue weighted by atomic mass is 16.5. The normalized spacial score (nSPS) is 14.9. The third kappa shape index (κ3) is 3.72. The van der Waals surface area contributed by atoms with E-state index in [9.17, 15) is 0 Å². The molecule has 0 saturated heterocycles. The molecule has 3 N–H and O–H groups in total. The molecule has 0 amide bonds. The van der Waals surface area contributed by atoms with Gasteiger partial charge in [0.05, 0.1) is 19.8 Å². The van der Waals surface area contributed by atoms with Crippen molar-refractivity contribution in [3.8, 4) is 0 Å². The Bertz CT molecular complexity index is 105. The smallest absolute Gasteiger partial charge is 0.112 e. The topological polar surface area (TPSA) is 69.9 Å². The van der Waals surface area contributed by atoms with Gasteiger partial charge in [-0.1, -0.05) is 0 Å². The number of aliphatic hydroxyl groups is 3. The Morgan fingerprint density at radius 2 is 1.82 bits per heavy atom. The van der Waals surface area contributed by atoms with Crippen LogP contribution in [-0.4, -0.2) is 54.6 Å². The Kier molecular flexibility index (Phi) is 4.68. The molecule has 11 heavy (non-hydrogen) atoms. The second-order valence-corrected chi connectivity index (χ2v) is 2.61. The lowest BCUT2D eigenvalue weighted by Crippen LogP contribution is -2.42. The summed E-state index contributed by atoms with van der Waals surface area (Å²) < 4.78 is 4.91. The maximum absolute atomic E-state index is 8.71. The summed E-state index contributed by atoms with van der Waals surface area (Å²) in [6, 6.07) is -0.862. The van der Waals surface area contributed by atoms with Crippen molar-refractivity contribution in [1.29, 1.82) is 0 Å². The van der Waals surface area contributed by atoms with Gasteiger partial charge in [0.15, 0.2) is 0 Å². The van der Waals surface area contributed by atoms with Crippen LogP contribution >= 0.6 is 0 Å². The Labute approximate surface area is 67.2 Å². The maximum Gasteiger partial charge on any atom is 0.112 e. The van der Waals surface area contributed by atoms with Crippen molar-refractivity contribution in [2.24, 2.45) is 0 Å². The van der Waals surface area contributed by atoms with E-state index in [4.69, 9.17) is 27.9 Å². The Hall–Kier alpha value is -0.0951. The lowest BCUT2D eigenvalue weighted by atomic mass is 9.99. The van der Waals surface area contributed by atoms with Gasteiger partial charge in [0.2, 0.25) is 0 Å². The summed E-state index contributed by atoms with van der Waals surface area (Å²) >= 11 is 0. The molecule has 2 radical (unpaired) electrons. The monoisotopic (exact) mass is 160 g/mol. The zero-order valence-electron chi connectivity index (χ0n) is 6.53. The highest BCUT2D eigenvalue weighted by Crippen LogP contribution is 2.09. The maximum atomic E-state index is 8.71. The quantitative estimate of drug-likeness (QED) is 0.416. The van der Waals surface area contributed by atoms with E-state index < -0.39 is 11.6 Å². The number of aliphatic hydroxyl groups excluding tert-OH is 3. The predicted octanol–water partition coefficient (Wildman–Crippen LogP) is -1.77. The second kappa shape index (κ2) is 4.72. The molecule has 0 aliphatic rings. The van der Waals surface area contributed by atoms with Crippen molar-refractivity contribution in [2.45, 2.75) is 18.5 Å². The fourth-order valence-corrected chi connectivity index (χ4v) is 0.527. The molecular weight excluding hydrogens is 147 g/mol. The summed E-state index contributed by atoms with van der Waals surface area (Å²) in [6.45, 7) is 0.493. The molecule has 5 heteroatoms. The fourth-order valence-electron chi connectivity index (χ4n) is 0.527. The summed E-state index contributed by atoms with van der Waals surface area (Å²) in [6.07, 6.45) is 0. The molecule has 0 spiro atoms. The summed E-state index contributed by atoms with van der Waals surface area (Å²) in [4.78, 5) is 0. The highest BCUT2D eigenvalue weighted by molar-refractivity contribution is 6.11. The molecule has 0 aromatic heterocycles. The summed E-state index contributed by atoms with van der Waals surface area (Å²) in [5.41, 5.74) is -1.07. The summed E-state index contributed by atoms with van der Waals surface area (Å²) in [5, 5.41) is 25.9. The minimum absolute atomic E-state index is 0.336. The molecule has 1 atom stereocenters. The third-order valence-corrected chi connectivity index (χ3v) is 1.28. The van der Waals surface area contributed by atoms with Crippen LogP contribution in [-0.2, 0) is 4.74 Å². The van der Waals surface area contributed by atoms with Gasteiger partial charge in [-0.2, -0.15) is 0 Å². The Morgan fingerprint density at radius 1 is 1.36 bits per heavy atom.